The summed E-state index contributed by atoms with van der Waals surface area (Å²) in [4.78, 5) is 33.7. The predicted molar refractivity (Wildman–Crippen MR) is 78.5 cm³/mol. The monoisotopic (exact) mass is 327 g/mol. The number of carbonyl (C=O) groups excluding carboxylic acids is 2. The molecule has 0 aliphatic rings. The van der Waals surface area contributed by atoms with Crippen LogP contribution >= 0.6 is 0 Å². The summed E-state index contributed by atoms with van der Waals surface area (Å²) in [6, 6.07) is 7.45. The normalized spacial score (nSPS) is 13.0. The van der Waals surface area contributed by atoms with Gasteiger partial charge < -0.3 is 15.2 Å². The van der Waals surface area contributed by atoms with E-state index >= 15 is 0 Å². The number of amides is 1. The topological polar surface area (TPSA) is 110 Å². The first-order valence-corrected chi connectivity index (χ1v) is 7.81. The van der Waals surface area contributed by atoms with Crippen LogP contribution in [0.25, 0.3) is 0 Å². The summed E-state index contributed by atoms with van der Waals surface area (Å²) in [5, 5.41) is 11.3. The maximum Gasteiger partial charge on any atom is 0.326 e. The van der Waals surface area contributed by atoms with Crippen LogP contribution in [0.15, 0.2) is 35.2 Å². The van der Waals surface area contributed by atoms with E-state index in [1.807, 2.05) is 0 Å². The van der Waals surface area contributed by atoms with Crippen molar-refractivity contribution in [2.75, 3.05) is 12.4 Å². The van der Waals surface area contributed by atoms with Crippen LogP contribution < -0.4 is 5.32 Å². The van der Waals surface area contributed by atoms with Gasteiger partial charge in [-0.05, 0) is 18.6 Å². The van der Waals surface area contributed by atoms with Gasteiger partial charge in [0, 0.05) is 17.6 Å². The van der Waals surface area contributed by atoms with E-state index in [9.17, 15) is 18.6 Å². The summed E-state index contributed by atoms with van der Waals surface area (Å²) in [5.41, 5.74) is 0. The van der Waals surface area contributed by atoms with Gasteiger partial charge in [-0.25, -0.2) is 4.79 Å². The first-order chi connectivity index (χ1) is 10.4. The van der Waals surface area contributed by atoms with Gasteiger partial charge in [0.05, 0.1) is 10.8 Å². The lowest BCUT2D eigenvalue weighted by Gasteiger charge is -2.14. The number of benzene rings is 1. The van der Waals surface area contributed by atoms with Gasteiger partial charge >= 0.3 is 11.9 Å². The zero-order valence-electron chi connectivity index (χ0n) is 12.0. The molecule has 0 saturated heterocycles. The Kier molecular flexibility index (Phi) is 7.24. The van der Waals surface area contributed by atoms with Gasteiger partial charge in [-0.3, -0.25) is 13.8 Å². The molecule has 0 aliphatic heterocycles. The van der Waals surface area contributed by atoms with Gasteiger partial charge in [-0.2, -0.15) is 0 Å². The maximum absolute atomic E-state index is 12.0. The van der Waals surface area contributed by atoms with Gasteiger partial charge in [0.1, 0.15) is 6.04 Å². The largest absolute Gasteiger partial charge is 0.480 e. The van der Waals surface area contributed by atoms with Gasteiger partial charge in [0.15, 0.2) is 6.61 Å². The second kappa shape index (κ2) is 8.93. The van der Waals surface area contributed by atoms with E-state index in [0.29, 0.717) is 4.90 Å². The maximum atomic E-state index is 12.0. The van der Waals surface area contributed by atoms with Crippen molar-refractivity contribution in [3.05, 3.63) is 30.3 Å². The number of rotatable bonds is 8. The first kappa shape index (κ1) is 17.8. The molecule has 2 atom stereocenters. The van der Waals surface area contributed by atoms with E-state index in [-0.39, 0.29) is 12.2 Å². The van der Waals surface area contributed by atoms with E-state index in [4.69, 9.17) is 5.11 Å². The quantitative estimate of drug-likeness (QED) is 0.665. The highest BCUT2D eigenvalue weighted by Crippen LogP contribution is 2.08. The van der Waals surface area contributed by atoms with E-state index in [1.54, 1.807) is 30.3 Å². The average Bonchev–Trinajstić information content (AvgIpc) is 2.49. The molecule has 0 bridgehead atoms. The van der Waals surface area contributed by atoms with Crippen LogP contribution in [0, 0.1) is 0 Å². The fraction of sp³-hybridized carbons (Fsp3) is 0.357. The third-order valence-corrected chi connectivity index (χ3v) is 4.04. The molecule has 0 saturated carbocycles. The molecule has 1 amide bonds. The molecule has 0 aliphatic carbocycles. The van der Waals surface area contributed by atoms with Crippen LogP contribution in [-0.4, -0.2) is 45.6 Å². The molecule has 0 fully saturated rings. The van der Waals surface area contributed by atoms with Crippen LogP contribution in [0.1, 0.15) is 13.3 Å². The summed E-state index contributed by atoms with van der Waals surface area (Å²) >= 11 is 0. The second-order valence-corrected chi connectivity index (χ2v) is 5.96. The Hall–Kier alpha value is -2.22. The molecule has 1 aromatic carbocycles. The highest BCUT2D eigenvalue weighted by molar-refractivity contribution is 7.85. The minimum atomic E-state index is -1.35. The van der Waals surface area contributed by atoms with E-state index in [1.165, 1.54) is 0 Å². The number of hydrogen-bond acceptors (Lipinski definition) is 5. The molecule has 1 aromatic rings. The molecule has 0 aromatic heterocycles. The van der Waals surface area contributed by atoms with Gasteiger partial charge in [0.2, 0.25) is 0 Å². The Labute approximate surface area is 130 Å². The Balaban J connectivity index is 2.51. The van der Waals surface area contributed by atoms with Crippen LogP contribution in [-0.2, 0) is 29.9 Å². The zero-order valence-corrected chi connectivity index (χ0v) is 12.8. The number of nitrogens with one attached hydrogen (secondary N) is 1. The number of ether oxygens (including phenoxy) is 1. The van der Waals surface area contributed by atoms with Crippen LogP contribution in [0.2, 0.25) is 0 Å². The first-order valence-electron chi connectivity index (χ1n) is 6.49. The van der Waals surface area contributed by atoms with Crippen molar-refractivity contribution in [1.29, 1.82) is 0 Å². The molecular weight excluding hydrogens is 310 g/mol. The Morgan fingerprint density at radius 1 is 1.27 bits per heavy atom. The van der Waals surface area contributed by atoms with E-state index in [2.05, 4.69) is 10.1 Å². The predicted octanol–water partition coefficient (Wildman–Crippen LogP) is 0.317. The van der Waals surface area contributed by atoms with Crippen molar-refractivity contribution in [3.63, 3.8) is 0 Å². The molecule has 22 heavy (non-hydrogen) atoms. The number of hydrogen-bond donors (Lipinski definition) is 2. The van der Waals surface area contributed by atoms with Gasteiger partial charge in [-0.15, -0.1) is 0 Å². The van der Waals surface area contributed by atoms with Gasteiger partial charge in [0.25, 0.3) is 5.91 Å². The lowest BCUT2D eigenvalue weighted by molar-refractivity contribution is -0.148. The molecule has 7 nitrogen and oxygen atoms in total. The standard InChI is InChI=1S/C14H17NO6S/c1-10(16)21-9-13(17)15-12(14(18)19)7-8-22(20)11-5-3-2-4-6-11/h2-6,12H,7-9H2,1H3,(H,15,17)(H,18,19)/t12-,22+/m0/s1. The second-order valence-electron chi connectivity index (χ2n) is 4.39. The summed E-state index contributed by atoms with van der Waals surface area (Å²) in [6.07, 6.45) is 0.00263. The highest BCUT2D eigenvalue weighted by Gasteiger charge is 2.21. The van der Waals surface area contributed by atoms with Crippen molar-refractivity contribution < 1.29 is 28.4 Å². The van der Waals surface area contributed by atoms with Gasteiger partial charge in [-0.1, -0.05) is 18.2 Å². The van der Waals surface area contributed by atoms with Crippen molar-refractivity contribution in [2.45, 2.75) is 24.3 Å². The molecule has 1 rings (SSSR count). The fourth-order valence-electron chi connectivity index (χ4n) is 1.58. The zero-order chi connectivity index (χ0) is 16.5. The fourth-order valence-corrected chi connectivity index (χ4v) is 2.72. The number of carboxylic acids is 1. The molecule has 0 radical (unpaired) electrons. The molecule has 0 unspecified atom stereocenters. The summed E-state index contributed by atoms with van der Waals surface area (Å²) in [6.45, 7) is 0.603. The Morgan fingerprint density at radius 3 is 2.45 bits per heavy atom. The molecule has 2 N–H and O–H groups in total. The molecule has 8 heteroatoms. The number of carbonyl (C=O) groups is 3. The van der Waals surface area contributed by atoms with Crippen molar-refractivity contribution in [1.82, 2.24) is 5.32 Å². The summed E-state index contributed by atoms with van der Waals surface area (Å²) in [5.74, 6) is -2.49. The van der Waals surface area contributed by atoms with Crippen molar-refractivity contribution >= 4 is 28.6 Å². The minimum Gasteiger partial charge on any atom is -0.480 e. The molecule has 0 heterocycles. The summed E-state index contributed by atoms with van der Waals surface area (Å²) in [7, 11) is -1.35. The highest BCUT2D eigenvalue weighted by atomic mass is 32.2. The summed E-state index contributed by atoms with van der Waals surface area (Å²) < 4.78 is 16.5. The lowest BCUT2D eigenvalue weighted by atomic mass is 10.2. The molecular formula is C14H17NO6S. The average molecular weight is 327 g/mol. The lowest BCUT2D eigenvalue weighted by Crippen LogP contribution is -2.43. The SMILES string of the molecule is CC(=O)OCC(=O)N[C@@H](CC[S@@](=O)c1ccccc1)C(=O)O. The smallest absolute Gasteiger partial charge is 0.326 e. The van der Waals surface area contributed by atoms with Crippen molar-refractivity contribution in [3.8, 4) is 0 Å². The van der Waals surface area contributed by atoms with Crippen LogP contribution in [0.5, 0.6) is 0 Å². The van der Waals surface area contributed by atoms with Crippen LogP contribution in [0.4, 0.5) is 0 Å². The van der Waals surface area contributed by atoms with Crippen molar-refractivity contribution in [2.24, 2.45) is 0 Å². The molecule has 0 spiro atoms. The third kappa shape index (κ3) is 6.49. The number of esters is 1. The van der Waals surface area contributed by atoms with Crippen LogP contribution in [0.3, 0.4) is 0 Å². The number of aliphatic carboxylic acids is 1. The minimum absolute atomic E-state index is 0.00263. The number of carboxylic acid groups (broad SMARTS) is 1. The van der Waals surface area contributed by atoms with E-state index < -0.39 is 41.3 Å². The van der Waals surface area contributed by atoms with E-state index in [0.717, 1.165) is 6.92 Å². The Bertz CT molecular complexity index is 560. The Morgan fingerprint density at radius 2 is 1.91 bits per heavy atom. The molecule has 120 valence electrons. The third-order valence-electron chi connectivity index (χ3n) is 2.64.